The molecule has 7 N–H and O–H groups in total. The molecular formula is C38H41ClN16O8. The van der Waals surface area contributed by atoms with Crippen molar-refractivity contribution in [3.63, 3.8) is 0 Å². The Kier molecular flexibility index (Phi) is 22.2. The van der Waals surface area contributed by atoms with Gasteiger partial charge in [-0.05, 0) is 60.7 Å². The molecule has 2 heterocycles. The average molecular weight is 885 g/mol. The molecule has 24 nitrogen and oxygen atoms in total. The molecule has 0 radical (unpaired) electrons. The van der Waals surface area contributed by atoms with Gasteiger partial charge in [-0.15, -0.1) is 4.99 Å². The van der Waals surface area contributed by atoms with Crippen LogP contribution in [0.25, 0.3) is 0 Å². The smallest absolute Gasteiger partial charge is 0.398 e. The van der Waals surface area contributed by atoms with Crippen LogP contribution in [-0.4, -0.2) is 86.3 Å². The van der Waals surface area contributed by atoms with E-state index in [1.165, 1.54) is 68.9 Å². The van der Waals surface area contributed by atoms with Gasteiger partial charge in [0.25, 0.3) is 17.1 Å². The van der Waals surface area contributed by atoms with Crippen molar-refractivity contribution in [2.45, 2.75) is 0 Å². The van der Waals surface area contributed by atoms with Gasteiger partial charge in [0.05, 0.1) is 42.1 Å². The van der Waals surface area contributed by atoms with Crippen LogP contribution < -0.4 is 37.2 Å². The molecule has 0 saturated carbocycles. The Morgan fingerprint density at radius 2 is 1.13 bits per heavy atom. The second-order valence-corrected chi connectivity index (χ2v) is 12.1. The van der Waals surface area contributed by atoms with E-state index >= 15 is 0 Å². The summed E-state index contributed by atoms with van der Waals surface area (Å²) < 4.78 is 8.89. The van der Waals surface area contributed by atoms with Gasteiger partial charge in [0, 0.05) is 90.3 Å². The van der Waals surface area contributed by atoms with Gasteiger partial charge in [-0.1, -0.05) is 11.6 Å². The molecule has 0 bridgehead atoms. The number of guanidine groups is 2. The number of methoxy groups -OCH3 is 2. The minimum absolute atomic E-state index is 0.0208. The van der Waals surface area contributed by atoms with E-state index in [-0.39, 0.29) is 23.1 Å². The SMILES string of the molecule is COC(=NC#N)OC.N#CNC1=NCCN1c1ccc(N)cc1.N#CNC1=NCCN1c1ccc([N+](=O)[O-])cc1.NCCNc1ccc([N+](=O)[O-])cc1.O=[N+]([O-])c1ccc(Cl)cc1. The van der Waals surface area contributed by atoms with Gasteiger partial charge in [0.2, 0.25) is 18.1 Å². The number of hydrogen-bond acceptors (Lipinski definition) is 21. The molecule has 0 atom stereocenters. The first-order valence-corrected chi connectivity index (χ1v) is 18.4. The van der Waals surface area contributed by atoms with Gasteiger partial charge in [-0.3, -0.25) is 51.0 Å². The highest BCUT2D eigenvalue weighted by molar-refractivity contribution is 6.30. The number of nitro groups is 3. The number of anilines is 4. The number of nitrogens with zero attached hydrogens (tertiary/aromatic N) is 11. The van der Waals surface area contributed by atoms with Crippen molar-refractivity contribution in [1.29, 1.82) is 15.8 Å². The molecule has 0 unspecified atom stereocenters. The molecule has 63 heavy (non-hydrogen) atoms. The Bertz CT molecular complexity index is 2300. The molecule has 2 aliphatic heterocycles. The van der Waals surface area contributed by atoms with Crippen molar-refractivity contribution in [3.8, 4) is 18.6 Å². The summed E-state index contributed by atoms with van der Waals surface area (Å²) in [6, 6.07) is 25.6. The van der Waals surface area contributed by atoms with Crippen molar-refractivity contribution >= 4 is 69.4 Å². The number of nitro benzene ring substituents is 3. The number of nitriles is 3. The molecule has 4 aromatic rings. The number of hydrogen-bond donors (Lipinski definition) is 5. The van der Waals surface area contributed by atoms with E-state index < -0.39 is 14.8 Å². The monoisotopic (exact) mass is 884 g/mol. The summed E-state index contributed by atoms with van der Waals surface area (Å²) in [6.45, 7) is 3.94. The van der Waals surface area contributed by atoms with Crippen molar-refractivity contribution < 1.29 is 24.2 Å². The average Bonchev–Trinajstić information content (AvgIpc) is 3.96. The fraction of sp³-hybridized carbons (Fsp3) is 0.211. The number of nitrogens with two attached hydrogens (primary N) is 2. The zero-order valence-corrected chi connectivity index (χ0v) is 34.5. The van der Waals surface area contributed by atoms with Crippen molar-refractivity contribution in [2.75, 3.05) is 74.3 Å². The lowest BCUT2D eigenvalue weighted by Gasteiger charge is -2.18. The van der Waals surface area contributed by atoms with E-state index in [1.807, 2.05) is 41.6 Å². The second kappa shape index (κ2) is 27.8. The summed E-state index contributed by atoms with van der Waals surface area (Å²) in [5, 5.41) is 64.4. The summed E-state index contributed by atoms with van der Waals surface area (Å²) in [5.41, 5.74) is 14.4. The highest BCUT2D eigenvalue weighted by atomic mass is 35.5. The van der Waals surface area contributed by atoms with Crippen LogP contribution in [0.5, 0.6) is 0 Å². The quantitative estimate of drug-likeness (QED) is 0.0305. The van der Waals surface area contributed by atoms with Crippen molar-refractivity contribution in [2.24, 2.45) is 20.7 Å². The number of benzene rings is 4. The van der Waals surface area contributed by atoms with Gasteiger partial charge in [-0.25, -0.2) is 0 Å². The van der Waals surface area contributed by atoms with E-state index in [0.29, 0.717) is 49.7 Å². The first-order valence-electron chi connectivity index (χ1n) is 18.0. The molecule has 6 rings (SSSR count). The fourth-order valence-electron chi connectivity index (χ4n) is 4.82. The lowest BCUT2D eigenvalue weighted by molar-refractivity contribution is -0.385. The fourth-order valence-corrected chi connectivity index (χ4v) is 4.94. The van der Waals surface area contributed by atoms with Crippen molar-refractivity contribution in [1.82, 2.24) is 10.6 Å². The normalized spacial score (nSPS) is 11.6. The summed E-state index contributed by atoms with van der Waals surface area (Å²) in [5.74, 6) is 1.07. The Hall–Kier alpha value is -8.79. The number of halogens is 1. The minimum Gasteiger partial charge on any atom is -0.453 e. The minimum atomic E-state index is -0.462. The zero-order chi connectivity index (χ0) is 46.6. The third-order valence-corrected chi connectivity index (χ3v) is 7.93. The second-order valence-electron chi connectivity index (χ2n) is 11.7. The third kappa shape index (κ3) is 17.9. The number of nitrogen functional groups attached to an aromatic ring is 1. The Balaban J connectivity index is 0.000000277. The Morgan fingerprint density at radius 3 is 1.48 bits per heavy atom. The number of aliphatic imine (C=N–C) groups is 3. The van der Waals surface area contributed by atoms with Gasteiger partial charge < -0.3 is 36.1 Å². The van der Waals surface area contributed by atoms with E-state index in [2.05, 4.69) is 40.4 Å². The third-order valence-electron chi connectivity index (χ3n) is 7.67. The maximum absolute atomic E-state index is 10.5. The van der Waals surface area contributed by atoms with Crippen LogP contribution >= 0.6 is 11.6 Å². The van der Waals surface area contributed by atoms with Gasteiger partial charge in [0.1, 0.15) is 0 Å². The molecule has 0 amide bonds. The predicted octanol–water partition coefficient (Wildman–Crippen LogP) is 4.69. The molecular weight excluding hydrogens is 844 g/mol. The van der Waals surface area contributed by atoms with E-state index in [1.54, 1.807) is 29.2 Å². The Labute approximate surface area is 365 Å². The Morgan fingerprint density at radius 1 is 0.730 bits per heavy atom. The topological polar surface area (TPSA) is 351 Å². The number of ether oxygens (including phenoxy) is 2. The standard InChI is InChI=1S/C10H9N5O2.C10H11N5.C8H11N3O2.C6H4ClNO2.C4H6N2O2/c11-7-13-10-12-5-6-14(10)8-1-3-9(4-2-8)15(16)17;11-7-14-10-13-5-6-15(10)9-3-1-8(12)2-4-9;9-5-6-10-7-1-3-8(4-2-7)11(12)13;7-5-1-3-6(4-2-5)8(9)10;1-7-4(8-2)6-3-5/h1-4H,5-6H2,(H,12,13);1-4H,5-6,12H2,(H,13,14);1-4,10H,5-6,9H2;1-4H;1-2H3. The first kappa shape index (κ1) is 50.4. The number of rotatable bonds is 8. The molecule has 0 aromatic heterocycles. The molecule has 0 spiro atoms. The zero-order valence-electron chi connectivity index (χ0n) is 33.7. The van der Waals surface area contributed by atoms with Crippen LogP contribution in [0.15, 0.2) is 112 Å². The number of nitrogens with one attached hydrogen (secondary N) is 3. The van der Waals surface area contributed by atoms with Gasteiger partial charge in [0.15, 0.2) is 12.4 Å². The molecule has 0 saturated heterocycles. The summed E-state index contributed by atoms with van der Waals surface area (Å²) in [4.78, 5) is 44.7. The maximum atomic E-state index is 10.5. The molecule has 328 valence electrons. The van der Waals surface area contributed by atoms with Gasteiger partial charge in [-0.2, -0.15) is 15.8 Å². The lowest BCUT2D eigenvalue weighted by Crippen LogP contribution is -2.35. The molecule has 2 aliphatic rings. The largest absolute Gasteiger partial charge is 0.453 e. The van der Waals surface area contributed by atoms with E-state index in [0.717, 1.165) is 29.3 Å². The molecule has 4 aromatic carbocycles. The van der Waals surface area contributed by atoms with Crippen LogP contribution in [0.1, 0.15) is 0 Å². The highest BCUT2D eigenvalue weighted by Crippen LogP contribution is 2.21. The van der Waals surface area contributed by atoms with Crippen LogP contribution in [-0.2, 0) is 9.47 Å². The maximum Gasteiger partial charge on any atom is 0.398 e. The lowest BCUT2D eigenvalue weighted by atomic mass is 10.2. The molecule has 0 fully saturated rings. The van der Waals surface area contributed by atoms with E-state index in [4.69, 9.17) is 38.9 Å². The predicted molar refractivity (Wildman–Crippen MR) is 237 cm³/mol. The van der Waals surface area contributed by atoms with Crippen LogP contribution in [0, 0.1) is 64.7 Å². The highest BCUT2D eigenvalue weighted by Gasteiger charge is 2.19. The van der Waals surface area contributed by atoms with Crippen LogP contribution in [0.2, 0.25) is 5.02 Å². The first-order chi connectivity index (χ1) is 30.3. The summed E-state index contributed by atoms with van der Waals surface area (Å²) >= 11 is 5.49. The molecule has 25 heteroatoms. The summed E-state index contributed by atoms with van der Waals surface area (Å²) in [6.07, 6.45) is 5.17. The summed E-state index contributed by atoms with van der Waals surface area (Å²) in [7, 11) is 2.75. The van der Waals surface area contributed by atoms with Crippen LogP contribution in [0.3, 0.4) is 0 Å². The van der Waals surface area contributed by atoms with Crippen LogP contribution in [0.4, 0.5) is 39.8 Å². The molecule has 0 aliphatic carbocycles. The van der Waals surface area contributed by atoms with Gasteiger partial charge >= 0.3 is 6.08 Å². The van der Waals surface area contributed by atoms with Crippen molar-refractivity contribution in [3.05, 3.63) is 132 Å². The van der Waals surface area contributed by atoms with E-state index in [9.17, 15) is 30.3 Å². The number of non-ortho nitro benzene ring substituents is 3.